The molecule has 1 N–H and O–H groups in total. The zero-order chi connectivity index (χ0) is 22.7. The maximum absolute atomic E-state index is 12.9. The lowest BCUT2D eigenvalue weighted by Gasteiger charge is -2.49. The molecule has 6 heteroatoms. The van der Waals surface area contributed by atoms with Crippen LogP contribution in [-0.2, 0) is 19.9 Å². The Morgan fingerprint density at radius 2 is 1.81 bits per heavy atom. The number of nitrogens with zero attached hydrogens (tertiary/aromatic N) is 2. The van der Waals surface area contributed by atoms with Crippen molar-refractivity contribution in [3.63, 3.8) is 0 Å². The minimum atomic E-state index is -0.624. The molecule has 1 spiro atoms. The molecule has 1 saturated carbocycles. The van der Waals surface area contributed by atoms with E-state index in [4.69, 9.17) is 4.74 Å². The second kappa shape index (κ2) is 9.29. The van der Waals surface area contributed by atoms with Crippen LogP contribution in [0.1, 0.15) is 51.5 Å². The van der Waals surface area contributed by atoms with Crippen LogP contribution < -0.4 is 5.32 Å². The second-order valence-corrected chi connectivity index (χ2v) is 10.4. The smallest absolute Gasteiger partial charge is 0.227 e. The summed E-state index contributed by atoms with van der Waals surface area (Å²) >= 11 is 0. The van der Waals surface area contributed by atoms with Crippen molar-refractivity contribution in [3.05, 3.63) is 35.9 Å². The predicted octanol–water partition coefficient (Wildman–Crippen LogP) is 3.03. The van der Waals surface area contributed by atoms with Gasteiger partial charge in [-0.1, -0.05) is 30.3 Å². The average molecular weight is 430 g/mol. The highest BCUT2D eigenvalue weighted by Gasteiger charge is 2.51. The van der Waals surface area contributed by atoms with Gasteiger partial charge in [0.15, 0.2) is 0 Å². The fraction of sp³-hybridized carbons (Fsp3) is 0.680. The van der Waals surface area contributed by atoms with Gasteiger partial charge in [0.1, 0.15) is 0 Å². The highest BCUT2D eigenvalue weighted by molar-refractivity contribution is 5.84. The van der Waals surface area contributed by atoms with Crippen LogP contribution in [0.4, 0.5) is 0 Å². The fourth-order valence-electron chi connectivity index (χ4n) is 5.45. The number of amides is 2. The molecule has 1 heterocycles. The molecule has 0 atom stereocenters. The van der Waals surface area contributed by atoms with E-state index in [0.717, 1.165) is 32.2 Å². The molecule has 2 aliphatic rings. The molecule has 6 nitrogen and oxygen atoms in total. The summed E-state index contributed by atoms with van der Waals surface area (Å²) in [7, 11) is 5.95. The molecule has 31 heavy (non-hydrogen) atoms. The molecular weight excluding hydrogens is 390 g/mol. The summed E-state index contributed by atoms with van der Waals surface area (Å²) in [6.45, 7) is 6.04. The lowest BCUT2D eigenvalue weighted by molar-refractivity contribution is -0.134. The molecule has 2 fully saturated rings. The summed E-state index contributed by atoms with van der Waals surface area (Å²) in [5.41, 5.74) is 0.809. The highest BCUT2D eigenvalue weighted by Crippen LogP contribution is 2.52. The third-order valence-electron chi connectivity index (χ3n) is 7.50. The van der Waals surface area contributed by atoms with Crippen LogP contribution >= 0.6 is 0 Å². The first-order chi connectivity index (χ1) is 14.6. The molecule has 2 amide bonds. The Kier molecular flexibility index (Phi) is 7.11. The van der Waals surface area contributed by atoms with Crippen molar-refractivity contribution in [2.75, 3.05) is 47.4 Å². The largest absolute Gasteiger partial charge is 0.383 e. The number of rotatable bonds is 8. The van der Waals surface area contributed by atoms with Gasteiger partial charge in [-0.15, -0.1) is 0 Å². The molecule has 0 unspecified atom stereocenters. The van der Waals surface area contributed by atoms with E-state index < -0.39 is 5.41 Å². The zero-order valence-electron chi connectivity index (χ0n) is 19.9. The molecule has 0 radical (unpaired) electrons. The molecule has 0 aromatic heterocycles. The van der Waals surface area contributed by atoms with Gasteiger partial charge in [-0.25, -0.2) is 0 Å². The van der Waals surface area contributed by atoms with Gasteiger partial charge in [-0.2, -0.15) is 0 Å². The Bertz CT molecular complexity index is 767. The van der Waals surface area contributed by atoms with Crippen LogP contribution in [0.15, 0.2) is 30.3 Å². The number of ether oxygens (including phenoxy) is 1. The monoisotopic (exact) mass is 429 g/mol. The number of benzene rings is 1. The first-order valence-electron chi connectivity index (χ1n) is 11.4. The lowest BCUT2D eigenvalue weighted by Crippen LogP contribution is -2.48. The molecule has 0 bridgehead atoms. The third-order valence-corrected chi connectivity index (χ3v) is 7.50. The number of hydrogen-bond donors (Lipinski definition) is 1. The van der Waals surface area contributed by atoms with Crippen LogP contribution in [0.2, 0.25) is 0 Å². The van der Waals surface area contributed by atoms with Crippen molar-refractivity contribution in [2.45, 2.75) is 51.5 Å². The van der Waals surface area contributed by atoms with E-state index >= 15 is 0 Å². The van der Waals surface area contributed by atoms with Crippen molar-refractivity contribution in [2.24, 2.45) is 10.8 Å². The van der Waals surface area contributed by atoms with Crippen LogP contribution in [0, 0.1) is 10.8 Å². The van der Waals surface area contributed by atoms with Gasteiger partial charge in [-0.05, 0) is 64.6 Å². The summed E-state index contributed by atoms with van der Waals surface area (Å²) < 4.78 is 5.01. The number of nitrogens with one attached hydrogen (secondary N) is 1. The van der Waals surface area contributed by atoms with Gasteiger partial charge < -0.3 is 15.0 Å². The minimum absolute atomic E-state index is 0.0300. The topological polar surface area (TPSA) is 61.9 Å². The van der Waals surface area contributed by atoms with E-state index in [9.17, 15) is 9.59 Å². The molecule has 3 rings (SSSR count). The predicted molar refractivity (Wildman–Crippen MR) is 123 cm³/mol. The number of likely N-dealkylation sites (tertiary alicyclic amines) is 1. The SMILES string of the molecule is COCCNC(=O)C(C)(C)CN1CC2(CCC(c3ccccc3)(N(C)C)CC2)CC1=O. The van der Waals surface area contributed by atoms with E-state index in [0.29, 0.717) is 26.1 Å². The normalized spacial score (nSPS) is 26.6. The summed E-state index contributed by atoms with van der Waals surface area (Å²) in [6, 6.07) is 10.8. The van der Waals surface area contributed by atoms with Crippen molar-refractivity contribution in [1.29, 1.82) is 0 Å². The Balaban J connectivity index is 1.66. The highest BCUT2D eigenvalue weighted by atomic mass is 16.5. The van der Waals surface area contributed by atoms with Crippen molar-refractivity contribution in [1.82, 2.24) is 15.1 Å². The Morgan fingerprint density at radius 3 is 2.39 bits per heavy atom. The number of carbonyl (C=O) groups excluding carboxylic acids is 2. The summed E-state index contributed by atoms with van der Waals surface area (Å²) in [6.07, 6.45) is 4.76. The molecule has 1 aromatic carbocycles. The Hall–Kier alpha value is -1.92. The van der Waals surface area contributed by atoms with E-state index in [1.807, 2.05) is 18.7 Å². The Labute approximate surface area is 187 Å². The molecule has 1 aliphatic carbocycles. The molecule has 1 saturated heterocycles. The van der Waals surface area contributed by atoms with Gasteiger partial charge in [-0.3, -0.25) is 14.5 Å². The molecule has 1 aromatic rings. The minimum Gasteiger partial charge on any atom is -0.383 e. The third kappa shape index (κ3) is 4.96. The quantitative estimate of drug-likeness (QED) is 0.646. The zero-order valence-corrected chi connectivity index (χ0v) is 19.9. The summed E-state index contributed by atoms with van der Waals surface area (Å²) in [4.78, 5) is 29.8. The van der Waals surface area contributed by atoms with Crippen LogP contribution in [0.3, 0.4) is 0 Å². The Morgan fingerprint density at radius 1 is 1.16 bits per heavy atom. The van der Waals surface area contributed by atoms with E-state index in [1.165, 1.54) is 5.56 Å². The van der Waals surface area contributed by atoms with Crippen LogP contribution in [-0.4, -0.2) is 69.1 Å². The fourth-order valence-corrected chi connectivity index (χ4v) is 5.45. The number of methoxy groups -OCH3 is 1. The van der Waals surface area contributed by atoms with E-state index in [1.54, 1.807) is 7.11 Å². The lowest BCUT2D eigenvalue weighted by atomic mass is 9.64. The van der Waals surface area contributed by atoms with E-state index in [2.05, 4.69) is 54.6 Å². The standard InChI is InChI=1S/C25H39N3O3/c1-23(2,22(30)26-15-16-31-5)18-28-19-24(17-21(28)29)11-13-25(14-12-24,27(3)4)20-9-7-6-8-10-20/h6-10H,11-19H2,1-5H3,(H,26,30). The van der Waals surface area contributed by atoms with E-state index in [-0.39, 0.29) is 22.8 Å². The maximum Gasteiger partial charge on any atom is 0.227 e. The first kappa shape index (κ1) is 23.7. The molecule has 172 valence electrons. The summed E-state index contributed by atoms with van der Waals surface area (Å²) in [5.74, 6) is 0.160. The molecule has 1 aliphatic heterocycles. The van der Waals surface area contributed by atoms with Gasteiger partial charge in [0, 0.05) is 38.7 Å². The van der Waals surface area contributed by atoms with Crippen LogP contribution in [0.25, 0.3) is 0 Å². The van der Waals surface area contributed by atoms with Crippen molar-refractivity contribution < 1.29 is 14.3 Å². The van der Waals surface area contributed by atoms with Crippen molar-refractivity contribution in [3.8, 4) is 0 Å². The number of carbonyl (C=O) groups is 2. The molecular formula is C25H39N3O3. The summed E-state index contributed by atoms with van der Waals surface area (Å²) in [5, 5.41) is 2.92. The average Bonchev–Trinajstić information content (AvgIpc) is 3.03. The first-order valence-corrected chi connectivity index (χ1v) is 11.4. The van der Waals surface area contributed by atoms with Gasteiger partial charge in [0.25, 0.3) is 0 Å². The number of hydrogen-bond acceptors (Lipinski definition) is 4. The maximum atomic E-state index is 12.9. The van der Waals surface area contributed by atoms with Crippen molar-refractivity contribution >= 4 is 11.8 Å². The van der Waals surface area contributed by atoms with Gasteiger partial charge in [0.2, 0.25) is 11.8 Å². The van der Waals surface area contributed by atoms with Gasteiger partial charge in [0.05, 0.1) is 12.0 Å². The second-order valence-electron chi connectivity index (χ2n) is 10.4. The van der Waals surface area contributed by atoms with Crippen LogP contribution in [0.5, 0.6) is 0 Å². The van der Waals surface area contributed by atoms with Gasteiger partial charge >= 0.3 is 0 Å².